The number of benzene rings is 1. The van der Waals surface area contributed by atoms with Crippen molar-refractivity contribution >= 4 is 29.2 Å². The maximum absolute atomic E-state index is 10.8. The highest BCUT2D eigenvalue weighted by Crippen LogP contribution is 2.26. The number of rotatable bonds is 3. The third-order valence-electron chi connectivity index (χ3n) is 1.88. The van der Waals surface area contributed by atoms with E-state index >= 15 is 0 Å². The van der Waals surface area contributed by atoms with Crippen molar-refractivity contribution in [2.24, 2.45) is 5.73 Å². The number of hydrogen-bond donors (Lipinski definition) is 2. The van der Waals surface area contributed by atoms with Crippen molar-refractivity contribution in [3.63, 3.8) is 0 Å². The predicted molar refractivity (Wildman–Crippen MR) is 55.9 cm³/mol. The van der Waals surface area contributed by atoms with Gasteiger partial charge < -0.3 is 10.8 Å². The molecule has 0 unspecified atom stereocenters. The summed E-state index contributed by atoms with van der Waals surface area (Å²) in [5.74, 6) is -1.70. The van der Waals surface area contributed by atoms with Crippen molar-refractivity contribution in [2.45, 2.75) is 5.92 Å². The molecule has 0 spiro atoms. The SMILES string of the molecule is NC[C@H](C(=O)O)c1ccc(Cl)c(Cl)c1. The minimum absolute atomic E-state index is 0.0350. The Morgan fingerprint density at radius 3 is 2.50 bits per heavy atom. The molecular weight excluding hydrogens is 225 g/mol. The molecule has 0 radical (unpaired) electrons. The molecular formula is C9H9Cl2NO2. The lowest BCUT2D eigenvalue weighted by Gasteiger charge is -2.10. The van der Waals surface area contributed by atoms with Crippen LogP contribution in [0.4, 0.5) is 0 Å². The molecule has 1 aromatic carbocycles. The zero-order valence-corrected chi connectivity index (χ0v) is 8.72. The van der Waals surface area contributed by atoms with Gasteiger partial charge in [0.15, 0.2) is 0 Å². The molecule has 76 valence electrons. The molecule has 1 atom stereocenters. The predicted octanol–water partition coefficient (Wildman–Crippen LogP) is 2.12. The summed E-state index contributed by atoms with van der Waals surface area (Å²) in [5.41, 5.74) is 5.90. The molecule has 0 fully saturated rings. The lowest BCUT2D eigenvalue weighted by Crippen LogP contribution is -2.21. The van der Waals surface area contributed by atoms with Crippen molar-refractivity contribution in [1.82, 2.24) is 0 Å². The minimum atomic E-state index is -0.967. The fourth-order valence-corrected chi connectivity index (χ4v) is 1.42. The zero-order chi connectivity index (χ0) is 10.7. The monoisotopic (exact) mass is 233 g/mol. The number of aliphatic carboxylic acids is 1. The van der Waals surface area contributed by atoms with Gasteiger partial charge in [0, 0.05) is 6.54 Å². The van der Waals surface area contributed by atoms with Crippen molar-refractivity contribution in [2.75, 3.05) is 6.54 Å². The molecule has 0 heterocycles. The average Bonchev–Trinajstić information content (AvgIpc) is 2.11. The van der Waals surface area contributed by atoms with Gasteiger partial charge in [-0.05, 0) is 17.7 Å². The van der Waals surface area contributed by atoms with Crippen LogP contribution < -0.4 is 5.73 Å². The first kappa shape index (κ1) is 11.3. The van der Waals surface area contributed by atoms with E-state index in [0.29, 0.717) is 15.6 Å². The summed E-state index contributed by atoms with van der Waals surface area (Å²) in [6.07, 6.45) is 0. The van der Waals surface area contributed by atoms with E-state index in [4.69, 9.17) is 34.0 Å². The van der Waals surface area contributed by atoms with Gasteiger partial charge in [-0.15, -0.1) is 0 Å². The molecule has 1 aromatic rings. The minimum Gasteiger partial charge on any atom is -0.481 e. The van der Waals surface area contributed by atoms with Gasteiger partial charge in [-0.25, -0.2) is 0 Å². The van der Waals surface area contributed by atoms with E-state index < -0.39 is 11.9 Å². The van der Waals surface area contributed by atoms with Gasteiger partial charge in [-0.1, -0.05) is 29.3 Å². The Hall–Kier alpha value is -0.770. The van der Waals surface area contributed by atoms with Crippen LogP contribution >= 0.6 is 23.2 Å². The van der Waals surface area contributed by atoms with E-state index in [0.717, 1.165) is 0 Å². The quantitative estimate of drug-likeness (QED) is 0.841. The molecule has 5 heteroatoms. The average molecular weight is 234 g/mol. The van der Waals surface area contributed by atoms with Crippen LogP contribution in [-0.4, -0.2) is 17.6 Å². The van der Waals surface area contributed by atoms with Crippen molar-refractivity contribution in [1.29, 1.82) is 0 Å². The van der Waals surface area contributed by atoms with Crippen LogP contribution in [0.15, 0.2) is 18.2 Å². The number of halogens is 2. The molecule has 0 aliphatic carbocycles. The summed E-state index contributed by atoms with van der Waals surface area (Å²) in [5, 5.41) is 9.57. The second kappa shape index (κ2) is 4.64. The number of carboxylic acids is 1. The van der Waals surface area contributed by atoms with Gasteiger partial charge >= 0.3 is 5.97 Å². The largest absolute Gasteiger partial charge is 0.481 e. The maximum atomic E-state index is 10.8. The van der Waals surface area contributed by atoms with Crippen LogP contribution in [0.2, 0.25) is 10.0 Å². The third-order valence-corrected chi connectivity index (χ3v) is 2.62. The Kier molecular flexibility index (Phi) is 3.75. The Morgan fingerprint density at radius 1 is 1.43 bits per heavy atom. The summed E-state index contributed by atoms with van der Waals surface area (Å²) in [6, 6.07) is 4.69. The molecule has 0 aromatic heterocycles. The molecule has 3 N–H and O–H groups in total. The molecule has 3 nitrogen and oxygen atoms in total. The zero-order valence-electron chi connectivity index (χ0n) is 7.21. The molecule has 0 saturated heterocycles. The summed E-state index contributed by atoms with van der Waals surface area (Å²) < 4.78 is 0. The summed E-state index contributed by atoms with van der Waals surface area (Å²) in [7, 11) is 0. The van der Waals surface area contributed by atoms with E-state index in [-0.39, 0.29) is 6.54 Å². The molecule has 14 heavy (non-hydrogen) atoms. The van der Waals surface area contributed by atoms with Crippen LogP contribution in [0.25, 0.3) is 0 Å². The van der Waals surface area contributed by atoms with E-state index in [1.165, 1.54) is 6.07 Å². The Balaban J connectivity index is 3.06. The second-order valence-corrected chi connectivity index (χ2v) is 3.61. The summed E-state index contributed by atoms with van der Waals surface area (Å²) >= 11 is 11.5. The fraction of sp³-hybridized carbons (Fsp3) is 0.222. The Bertz CT molecular complexity index is 355. The lowest BCUT2D eigenvalue weighted by atomic mass is 10.00. The number of carboxylic acid groups (broad SMARTS) is 1. The first-order valence-electron chi connectivity index (χ1n) is 3.94. The van der Waals surface area contributed by atoms with Gasteiger partial charge in [0.2, 0.25) is 0 Å². The highest BCUT2D eigenvalue weighted by atomic mass is 35.5. The summed E-state index contributed by atoms with van der Waals surface area (Å²) in [4.78, 5) is 10.8. The first-order valence-corrected chi connectivity index (χ1v) is 4.69. The van der Waals surface area contributed by atoms with Crippen molar-refractivity contribution in [3.05, 3.63) is 33.8 Å². The van der Waals surface area contributed by atoms with Crippen molar-refractivity contribution < 1.29 is 9.90 Å². The van der Waals surface area contributed by atoms with E-state index in [1.54, 1.807) is 12.1 Å². The van der Waals surface area contributed by atoms with Crippen LogP contribution in [0, 0.1) is 0 Å². The van der Waals surface area contributed by atoms with Crippen LogP contribution in [0.1, 0.15) is 11.5 Å². The maximum Gasteiger partial charge on any atom is 0.312 e. The highest BCUT2D eigenvalue weighted by molar-refractivity contribution is 6.42. The van der Waals surface area contributed by atoms with Crippen LogP contribution in [0.3, 0.4) is 0 Å². The smallest absolute Gasteiger partial charge is 0.312 e. The molecule has 0 saturated carbocycles. The van der Waals surface area contributed by atoms with Crippen LogP contribution in [-0.2, 0) is 4.79 Å². The molecule has 1 rings (SSSR count). The standard InChI is InChI=1S/C9H9Cl2NO2/c10-7-2-1-5(3-8(7)11)6(4-12)9(13)14/h1-3,6H,4,12H2,(H,13,14)/t6-/m0/s1. The van der Waals surface area contributed by atoms with Crippen molar-refractivity contribution in [3.8, 4) is 0 Å². The molecule has 0 aliphatic heterocycles. The number of nitrogens with two attached hydrogens (primary N) is 1. The van der Waals surface area contributed by atoms with Crippen LogP contribution in [0.5, 0.6) is 0 Å². The van der Waals surface area contributed by atoms with Gasteiger partial charge in [0.05, 0.1) is 16.0 Å². The highest BCUT2D eigenvalue weighted by Gasteiger charge is 2.18. The summed E-state index contributed by atoms with van der Waals surface area (Å²) in [6.45, 7) is 0.0350. The normalized spacial score (nSPS) is 12.5. The van der Waals surface area contributed by atoms with E-state index in [2.05, 4.69) is 0 Å². The van der Waals surface area contributed by atoms with Gasteiger partial charge in [-0.2, -0.15) is 0 Å². The second-order valence-electron chi connectivity index (χ2n) is 2.80. The fourth-order valence-electron chi connectivity index (χ4n) is 1.11. The number of hydrogen-bond acceptors (Lipinski definition) is 2. The van der Waals surface area contributed by atoms with Gasteiger partial charge in [0.25, 0.3) is 0 Å². The molecule has 0 amide bonds. The molecule has 0 bridgehead atoms. The third kappa shape index (κ3) is 2.38. The Morgan fingerprint density at radius 2 is 2.07 bits per heavy atom. The molecule has 0 aliphatic rings. The van der Waals surface area contributed by atoms with E-state index in [9.17, 15) is 4.79 Å². The first-order chi connectivity index (χ1) is 6.56. The number of carbonyl (C=O) groups is 1. The van der Waals surface area contributed by atoms with Gasteiger partial charge in [-0.3, -0.25) is 4.79 Å². The van der Waals surface area contributed by atoms with E-state index in [1.807, 2.05) is 0 Å². The Labute approximate surface area is 91.4 Å². The van der Waals surface area contributed by atoms with Gasteiger partial charge in [0.1, 0.15) is 0 Å². The lowest BCUT2D eigenvalue weighted by molar-refractivity contribution is -0.138. The topological polar surface area (TPSA) is 63.3 Å².